The second kappa shape index (κ2) is 9.76. The number of aliphatic hydroxyl groups excluding tert-OH is 1. The van der Waals surface area contributed by atoms with E-state index in [2.05, 4.69) is 15.1 Å². The van der Waals surface area contributed by atoms with Gasteiger partial charge in [0.2, 0.25) is 0 Å². The Morgan fingerprint density at radius 1 is 1.28 bits per heavy atom. The number of aliphatic hydroxyl groups is 1. The van der Waals surface area contributed by atoms with E-state index in [1.165, 1.54) is 0 Å². The van der Waals surface area contributed by atoms with Crippen LogP contribution in [0.4, 0.5) is 5.69 Å². The molecule has 1 aliphatic heterocycles. The molecule has 29 heavy (non-hydrogen) atoms. The number of likely N-dealkylation sites (N-methyl/N-ethyl adjacent to an activating group) is 1. The predicted molar refractivity (Wildman–Crippen MR) is 115 cm³/mol. The lowest BCUT2D eigenvalue weighted by molar-refractivity contribution is 0.0953. The van der Waals surface area contributed by atoms with Crippen LogP contribution in [0.2, 0.25) is 0 Å². The quantitative estimate of drug-likeness (QED) is 0.639. The van der Waals surface area contributed by atoms with Gasteiger partial charge >= 0.3 is 0 Å². The Labute approximate surface area is 172 Å². The van der Waals surface area contributed by atoms with Crippen molar-refractivity contribution in [2.75, 3.05) is 38.1 Å². The van der Waals surface area contributed by atoms with Gasteiger partial charge in [0, 0.05) is 44.5 Å². The fourth-order valence-corrected chi connectivity index (χ4v) is 3.77. The fourth-order valence-electron chi connectivity index (χ4n) is 3.77. The van der Waals surface area contributed by atoms with E-state index in [0.717, 1.165) is 37.2 Å². The van der Waals surface area contributed by atoms with Crippen molar-refractivity contribution in [1.82, 2.24) is 10.2 Å². The van der Waals surface area contributed by atoms with Gasteiger partial charge < -0.3 is 20.4 Å². The summed E-state index contributed by atoms with van der Waals surface area (Å²) in [7, 11) is 2.02. The number of aromatic hydroxyl groups is 1. The highest BCUT2D eigenvalue weighted by molar-refractivity contribution is 5.94. The SMILES string of the molecule is CCCNC(=O)c1ccc(N(C)[C@H](CN2CC[C@H](O)C2)c2cccc(O)c2)cc1. The van der Waals surface area contributed by atoms with Gasteiger partial charge in [-0.05, 0) is 54.8 Å². The molecule has 0 aromatic heterocycles. The predicted octanol–water partition coefficient (Wildman–Crippen LogP) is 2.78. The summed E-state index contributed by atoms with van der Waals surface area (Å²) in [5.74, 6) is 0.182. The van der Waals surface area contributed by atoms with E-state index in [1.54, 1.807) is 12.1 Å². The third kappa shape index (κ3) is 5.49. The number of hydrogen-bond donors (Lipinski definition) is 3. The van der Waals surface area contributed by atoms with Crippen molar-refractivity contribution in [2.24, 2.45) is 0 Å². The summed E-state index contributed by atoms with van der Waals surface area (Å²) in [5.41, 5.74) is 2.65. The number of rotatable bonds is 8. The molecular formula is C23H31N3O3. The van der Waals surface area contributed by atoms with Crippen molar-refractivity contribution in [1.29, 1.82) is 0 Å². The second-order valence-electron chi connectivity index (χ2n) is 7.73. The first kappa shape index (κ1) is 21.1. The molecule has 3 rings (SSSR count). The van der Waals surface area contributed by atoms with Crippen molar-refractivity contribution in [3.05, 3.63) is 59.7 Å². The summed E-state index contributed by atoms with van der Waals surface area (Å²) < 4.78 is 0. The maximum atomic E-state index is 12.2. The Balaban J connectivity index is 1.80. The first-order chi connectivity index (χ1) is 14.0. The molecule has 2 aromatic carbocycles. The van der Waals surface area contributed by atoms with Gasteiger partial charge in [-0.3, -0.25) is 9.69 Å². The number of anilines is 1. The van der Waals surface area contributed by atoms with Gasteiger partial charge in [0.25, 0.3) is 5.91 Å². The Morgan fingerprint density at radius 3 is 2.66 bits per heavy atom. The highest BCUT2D eigenvalue weighted by atomic mass is 16.3. The molecule has 1 amide bonds. The lowest BCUT2D eigenvalue weighted by atomic mass is 10.0. The average molecular weight is 398 g/mol. The van der Waals surface area contributed by atoms with E-state index in [1.807, 2.05) is 50.4 Å². The number of hydrogen-bond acceptors (Lipinski definition) is 5. The number of carbonyl (C=O) groups is 1. The second-order valence-corrected chi connectivity index (χ2v) is 7.73. The van der Waals surface area contributed by atoms with Gasteiger partial charge in [0.1, 0.15) is 5.75 Å². The first-order valence-electron chi connectivity index (χ1n) is 10.3. The summed E-state index contributed by atoms with van der Waals surface area (Å²) in [6.45, 7) is 4.97. The number of benzene rings is 2. The van der Waals surface area contributed by atoms with E-state index in [-0.39, 0.29) is 23.8 Å². The van der Waals surface area contributed by atoms with Crippen LogP contribution in [0.25, 0.3) is 0 Å². The molecule has 0 saturated carbocycles. The molecule has 6 heteroatoms. The van der Waals surface area contributed by atoms with E-state index in [4.69, 9.17) is 0 Å². The lowest BCUT2D eigenvalue weighted by Gasteiger charge is -2.33. The first-order valence-corrected chi connectivity index (χ1v) is 10.3. The van der Waals surface area contributed by atoms with E-state index < -0.39 is 0 Å². The van der Waals surface area contributed by atoms with Crippen molar-refractivity contribution in [3.63, 3.8) is 0 Å². The molecule has 2 atom stereocenters. The molecule has 0 bridgehead atoms. The third-order valence-electron chi connectivity index (χ3n) is 5.47. The van der Waals surface area contributed by atoms with Crippen LogP contribution in [0, 0.1) is 0 Å². The maximum absolute atomic E-state index is 12.2. The zero-order chi connectivity index (χ0) is 20.8. The third-order valence-corrected chi connectivity index (χ3v) is 5.47. The standard InChI is InChI=1S/C23H31N3O3/c1-3-12-24-23(29)17-7-9-19(10-8-17)25(2)22(16-26-13-11-21(28)15-26)18-5-4-6-20(27)14-18/h4-10,14,21-22,27-28H,3,11-13,15-16H2,1-2H3,(H,24,29)/t21-,22+/m0/s1. The number of β-amino-alcohol motifs (C(OH)–C–C–N with tert-alkyl or cyclic N) is 1. The van der Waals surface area contributed by atoms with Crippen LogP contribution < -0.4 is 10.2 Å². The topological polar surface area (TPSA) is 76.0 Å². The van der Waals surface area contributed by atoms with Crippen molar-refractivity contribution >= 4 is 11.6 Å². The number of phenolic OH excluding ortho intramolecular Hbond substituents is 1. The van der Waals surface area contributed by atoms with Crippen molar-refractivity contribution < 1.29 is 15.0 Å². The van der Waals surface area contributed by atoms with Crippen LogP contribution in [0.15, 0.2) is 48.5 Å². The molecule has 1 aliphatic rings. The average Bonchev–Trinajstić information content (AvgIpc) is 3.14. The Kier molecular flexibility index (Phi) is 7.12. The minimum absolute atomic E-state index is 0.00664. The number of nitrogens with one attached hydrogen (secondary N) is 1. The molecular weight excluding hydrogens is 366 g/mol. The Hall–Kier alpha value is -2.57. The van der Waals surface area contributed by atoms with Crippen LogP contribution >= 0.6 is 0 Å². The molecule has 0 spiro atoms. The number of phenols is 1. The van der Waals surface area contributed by atoms with Gasteiger partial charge in [0.15, 0.2) is 0 Å². The Bertz CT molecular complexity index is 809. The molecule has 6 nitrogen and oxygen atoms in total. The number of amides is 1. The summed E-state index contributed by atoms with van der Waals surface area (Å²) in [5, 5.41) is 22.8. The largest absolute Gasteiger partial charge is 0.508 e. The van der Waals surface area contributed by atoms with Gasteiger partial charge in [-0.2, -0.15) is 0 Å². The van der Waals surface area contributed by atoms with Gasteiger partial charge in [0.05, 0.1) is 12.1 Å². The molecule has 1 fully saturated rings. The molecule has 1 heterocycles. The van der Waals surface area contributed by atoms with E-state index in [9.17, 15) is 15.0 Å². The van der Waals surface area contributed by atoms with Crippen LogP contribution in [0.3, 0.4) is 0 Å². The monoisotopic (exact) mass is 397 g/mol. The fraction of sp³-hybridized carbons (Fsp3) is 0.435. The molecule has 156 valence electrons. The summed E-state index contributed by atoms with van der Waals surface area (Å²) in [6, 6.07) is 14.9. The zero-order valence-corrected chi connectivity index (χ0v) is 17.2. The number of nitrogens with zero attached hydrogens (tertiary/aromatic N) is 2. The van der Waals surface area contributed by atoms with Crippen molar-refractivity contribution in [3.8, 4) is 5.75 Å². The molecule has 2 aromatic rings. The highest BCUT2D eigenvalue weighted by Crippen LogP contribution is 2.29. The van der Waals surface area contributed by atoms with Gasteiger partial charge in [-0.15, -0.1) is 0 Å². The van der Waals surface area contributed by atoms with Gasteiger partial charge in [-0.1, -0.05) is 19.1 Å². The number of carbonyl (C=O) groups excluding carboxylic acids is 1. The Morgan fingerprint density at radius 2 is 2.03 bits per heavy atom. The van der Waals surface area contributed by atoms with E-state index in [0.29, 0.717) is 18.7 Å². The van der Waals surface area contributed by atoms with Crippen LogP contribution in [0.1, 0.15) is 41.7 Å². The summed E-state index contributed by atoms with van der Waals surface area (Å²) in [4.78, 5) is 16.6. The van der Waals surface area contributed by atoms with Crippen LogP contribution in [0.5, 0.6) is 5.75 Å². The summed E-state index contributed by atoms with van der Waals surface area (Å²) in [6.07, 6.45) is 1.42. The van der Waals surface area contributed by atoms with Crippen LogP contribution in [-0.4, -0.2) is 60.4 Å². The maximum Gasteiger partial charge on any atom is 0.251 e. The minimum Gasteiger partial charge on any atom is -0.508 e. The highest BCUT2D eigenvalue weighted by Gasteiger charge is 2.26. The number of likely N-dealkylation sites (tertiary alicyclic amines) is 1. The smallest absolute Gasteiger partial charge is 0.251 e. The molecule has 0 aliphatic carbocycles. The van der Waals surface area contributed by atoms with Crippen LogP contribution in [-0.2, 0) is 0 Å². The minimum atomic E-state index is -0.272. The zero-order valence-electron chi connectivity index (χ0n) is 17.2. The van der Waals surface area contributed by atoms with Crippen molar-refractivity contribution in [2.45, 2.75) is 31.9 Å². The van der Waals surface area contributed by atoms with E-state index >= 15 is 0 Å². The molecule has 0 unspecified atom stereocenters. The molecule has 0 radical (unpaired) electrons. The van der Waals surface area contributed by atoms with Gasteiger partial charge in [-0.25, -0.2) is 0 Å². The summed E-state index contributed by atoms with van der Waals surface area (Å²) >= 11 is 0. The normalized spacial score (nSPS) is 17.8. The molecule has 1 saturated heterocycles. The molecule has 3 N–H and O–H groups in total. The lowest BCUT2D eigenvalue weighted by Crippen LogP contribution is -2.36.